The first-order valence-electron chi connectivity index (χ1n) is 13.5. The third-order valence-corrected chi connectivity index (χ3v) is 7.18. The Labute approximate surface area is 229 Å². The number of fused-ring (bicyclic) bond motifs is 1. The van der Waals surface area contributed by atoms with E-state index in [0.29, 0.717) is 37.4 Å². The predicted molar refractivity (Wildman–Crippen MR) is 152 cm³/mol. The van der Waals surface area contributed by atoms with Crippen molar-refractivity contribution in [1.29, 1.82) is 0 Å². The van der Waals surface area contributed by atoms with Crippen molar-refractivity contribution >= 4 is 22.7 Å². The van der Waals surface area contributed by atoms with E-state index in [-0.39, 0.29) is 24.4 Å². The van der Waals surface area contributed by atoms with Crippen molar-refractivity contribution in [1.82, 2.24) is 14.8 Å². The second kappa shape index (κ2) is 12.1. The summed E-state index contributed by atoms with van der Waals surface area (Å²) in [7, 11) is 1.60. The maximum Gasteiger partial charge on any atom is 0.254 e. The number of benzene rings is 3. The summed E-state index contributed by atoms with van der Waals surface area (Å²) in [5.74, 6) is 1.32. The van der Waals surface area contributed by atoms with Crippen LogP contribution < -0.4 is 9.47 Å². The zero-order valence-corrected chi connectivity index (χ0v) is 22.6. The summed E-state index contributed by atoms with van der Waals surface area (Å²) in [6.07, 6.45) is 4.57. The minimum Gasteiger partial charge on any atom is -0.497 e. The number of methoxy groups -OCH3 is 1. The second-order valence-electron chi connectivity index (χ2n) is 9.89. The third-order valence-electron chi connectivity index (χ3n) is 7.18. The summed E-state index contributed by atoms with van der Waals surface area (Å²) in [6.45, 7) is 3.62. The quantitative estimate of drug-likeness (QED) is 0.267. The van der Waals surface area contributed by atoms with Gasteiger partial charge in [-0.15, -0.1) is 0 Å². The summed E-state index contributed by atoms with van der Waals surface area (Å²) < 4.78 is 10.8. The molecule has 0 unspecified atom stereocenters. The van der Waals surface area contributed by atoms with Crippen molar-refractivity contribution < 1.29 is 19.1 Å². The van der Waals surface area contributed by atoms with Crippen LogP contribution in [0.15, 0.2) is 79.0 Å². The molecule has 1 fully saturated rings. The number of aromatic nitrogens is 1. The van der Waals surface area contributed by atoms with Gasteiger partial charge in [0.1, 0.15) is 18.0 Å². The molecule has 1 N–H and O–H groups in total. The molecule has 0 spiro atoms. The molecule has 7 heteroatoms. The van der Waals surface area contributed by atoms with E-state index >= 15 is 0 Å². The molecule has 202 valence electrons. The number of rotatable bonds is 12. The van der Waals surface area contributed by atoms with Crippen LogP contribution in [0.25, 0.3) is 10.9 Å². The van der Waals surface area contributed by atoms with E-state index in [1.54, 1.807) is 36.3 Å². The van der Waals surface area contributed by atoms with Gasteiger partial charge in [-0.3, -0.25) is 9.59 Å². The molecule has 4 aromatic rings. The molecule has 3 aromatic carbocycles. The summed E-state index contributed by atoms with van der Waals surface area (Å²) >= 11 is 0. The first kappa shape index (κ1) is 26.4. The van der Waals surface area contributed by atoms with Gasteiger partial charge in [0.05, 0.1) is 13.7 Å². The Kier molecular flexibility index (Phi) is 8.16. The molecule has 39 heavy (non-hydrogen) atoms. The fraction of sp³-hybridized carbons (Fsp3) is 0.312. The maximum atomic E-state index is 13.8. The van der Waals surface area contributed by atoms with Crippen LogP contribution in [0.2, 0.25) is 0 Å². The van der Waals surface area contributed by atoms with Crippen molar-refractivity contribution in [3.8, 4) is 11.5 Å². The van der Waals surface area contributed by atoms with Gasteiger partial charge >= 0.3 is 0 Å². The number of ether oxygens (including phenoxy) is 2. The zero-order valence-electron chi connectivity index (χ0n) is 22.6. The number of nitrogens with zero attached hydrogens (tertiary/aromatic N) is 2. The van der Waals surface area contributed by atoms with E-state index in [4.69, 9.17) is 9.47 Å². The van der Waals surface area contributed by atoms with Crippen LogP contribution in [-0.2, 0) is 17.8 Å². The lowest BCUT2D eigenvalue weighted by molar-refractivity contribution is -0.132. The van der Waals surface area contributed by atoms with Crippen LogP contribution in [0.5, 0.6) is 11.5 Å². The fourth-order valence-electron chi connectivity index (χ4n) is 4.86. The van der Waals surface area contributed by atoms with Gasteiger partial charge in [-0.1, -0.05) is 30.3 Å². The normalized spacial score (nSPS) is 12.8. The van der Waals surface area contributed by atoms with E-state index in [1.807, 2.05) is 54.4 Å². The Morgan fingerprint density at radius 3 is 2.36 bits per heavy atom. The highest BCUT2D eigenvalue weighted by atomic mass is 16.5. The molecule has 0 atom stereocenters. The van der Waals surface area contributed by atoms with Gasteiger partial charge in [0, 0.05) is 41.8 Å². The number of amides is 2. The smallest absolute Gasteiger partial charge is 0.254 e. The van der Waals surface area contributed by atoms with Gasteiger partial charge in [-0.25, -0.2) is 0 Å². The monoisotopic (exact) mass is 525 g/mol. The Morgan fingerprint density at radius 1 is 0.949 bits per heavy atom. The minimum atomic E-state index is -0.119. The maximum absolute atomic E-state index is 13.8. The van der Waals surface area contributed by atoms with E-state index in [2.05, 4.69) is 17.1 Å². The van der Waals surface area contributed by atoms with Gasteiger partial charge in [0.15, 0.2) is 0 Å². The Hall–Kier alpha value is -4.26. The highest BCUT2D eigenvalue weighted by Crippen LogP contribution is 2.29. The molecule has 0 aliphatic heterocycles. The largest absolute Gasteiger partial charge is 0.497 e. The molecule has 0 radical (unpaired) electrons. The summed E-state index contributed by atoms with van der Waals surface area (Å²) in [5, 5.41) is 1.17. The van der Waals surface area contributed by atoms with Crippen molar-refractivity contribution in [2.24, 2.45) is 0 Å². The van der Waals surface area contributed by atoms with Crippen LogP contribution in [0.3, 0.4) is 0 Å². The average Bonchev–Trinajstić information content (AvgIpc) is 3.74. The van der Waals surface area contributed by atoms with Crippen LogP contribution in [0.4, 0.5) is 0 Å². The highest BCUT2D eigenvalue weighted by molar-refractivity contribution is 5.97. The van der Waals surface area contributed by atoms with Crippen molar-refractivity contribution in [3.05, 3.63) is 95.7 Å². The fourth-order valence-corrected chi connectivity index (χ4v) is 4.86. The number of nitrogens with one attached hydrogen (secondary N) is 1. The van der Waals surface area contributed by atoms with Crippen molar-refractivity contribution in [2.45, 2.75) is 38.8 Å². The van der Waals surface area contributed by atoms with Crippen LogP contribution in [-0.4, -0.2) is 59.4 Å². The lowest BCUT2D eigenvalue weighted by atomic mass is 10.1. The van der Waals surface area contributed by atoms with E-state index in [9.17, 15) is 9.59 Å². The summed E-state index contributed by atoms with van der Waals surface area (Å²) in [4.78, 5) is 34.2. The first-order valence-corrected chi connectivity index (χ1v) is 13.5. The van der Waals surface area contributed by atoms with Crippen LogP contribution in [0, 0.1) is 0 Å². The van der Waals surface area contributed by atoms with Crippen molar-refractivity contribution in [3.63, 3.8) is 0 Å². The molecular weight excluding hydrogens is 490 g/mol. The van der Waals surface area contributed by atoms with E-state index in [1.165, 1.54) is 10.9 Å². The van der Waals surface area contributed by atoms with Gasteiger partial charge in [-0.05, 0) is 79.8 Å². The highest BCUT2D eigenvalue weighted by Gasteiger charge is 2.35. The molecule has 1 heterocycles. The molecule has 0 bridgehead atoms. The summed E-state index contributed by atoms with van der Waals surface area (Å²) in [5.41, 5.74) is 3.84. The lowest BCUT2D eigenvalue weighted by Gasteiger charge is -2.28. The standard InChI is InChI=1S/C32H35N3O4/c1-3-39-28-14-8-23(9-15-28)21-34(19-18-25-20-33-30-7-5-4-6-29(25)30)31(36)22-35(26-12-13-26)32(37)24-10-16-27(38-2)17-11-24/h4-11,14-17,20,26,33H,3,12-13,18-19,21-22H2,1-2H3. The SMILES string of the molecule is CCOc1ccc(CN(CCc2c[nH]c3ccccc23)C(=O)CN(C(=O)c2ccc(OC)cc2)C2CC2)cc1. The predicted octanol–water partition coefficient (Wildman–Crippen LogP) is 5.45. The summed E-state index contributed by atoms with van der Waals surface area (Å²) in [6, 6.07) is 23.2. The molecule has 1 aromatic heterocycles. The van der Waals surface area contributed by atoms with Gasteiger partial charge in [0.2, 0.25) is 5.91 Å². The lowest BCUT2D eigenvalue weighted by Crippen LogP contribution is -2.44. The topological polar surface area (TPSA) is 74.9 Å². The van der Waals surface area contributed by atoms with E-state index in [0.717, 1.165) is 29.7 Å². The van der Waals surface area contributed by atoms with Crippen LogP contribution >= 0.6 is 0 Å². The number of aromatic amines is 1. The zero-order chi connectivity index (χ0) is 27.2. The third kappa shape index (κ3) is 6.42. The Morgan fingerprint density at radius 2 is 1.67 bits per heavy atom. The molecular formula is C32H35N3O4. The molecule has 0 saturated heterocycles. The molecule has 2 amide bonds. The van der Waals surface area contributed by atoms with Crippen molar-refractivity contribution in [2.75, 3.05) is 26.8 Å². The molecule has 1 aliphatic carbocycles. The number of carbonyl (C=O) groups excluding carboxylic acids is 2. The molecule has 1 aliphatic rings. The number of hydrogen-bond acceptors (Lipinski definition) is 4. The number of hydrogen-bond donors (Lipinski definition) is 1. The Bertz CT molecular complexity index is 1410. The van der Waals surface area contributed by atoms with Gasteiger partial charge in [-0.2, -0.15) is 0 Å². The molecule has 7 nitrogen and oxygen atoms in total. The second-order valence-corrected chi connectivity index (χ2v) is 9.89. The van der Waals surface area contributed by atoms with Gasteiger partial charge < -0.3 is 24.3 Å². The first-order chi connectivity index (χ1) is 19.1. The Balaban J connectivity index is 1.34. The minimum absolute atomic E-state index is 0.0560. The average molecular weight is 526 g/mol. The van der Waals surface area contributed by atoms with E-state index < -0.39 is 0 Å². The van der Waals surface area contributed by atoms with Gasteiger partial charge in [0.25, 0.3) is 5.91 Å². The van der Waals surface area contributed by atoms with Crippen LogP contribution in [0.1, 0.15) is 41.3 Å². The number of para-hydroxylation sites is 1. The number of carbonyl (C=O) groups is 2. The molecule has 1 saturated carbocycles. The molecule has 5 rings (SSSR count). The number of H-pyrrole nitrogens is 1.